The summed E-state index contributed by atoms with van der Waals surface area (Å²) < 4.78 is 38.7. The summed E-state index contributed by atoms with van der Waals surface area (Å²) >= 11 is 0. The molecule has 2 aromatic heterocycles. The third-order valence-electron chi connectivity index (χ3n) is 5.72. The molecule has 0 bridgehead atoms. The maximum atomic E-state index is 13.8. The minimum absolute atomic E-state index is 0.0553. The number of tetrazole rings is 1. The molecule has 0 aliphatic heterocycles. The van der Waals surface area contributed by atoms with Crippen molar-refractivity contribution in [3.05, 3.63) is 89.7 Å². The predicted molar refractivity (Wildman–Crippen MR) is 137 cm³/mol. The second-order valence-electron chi connectivity index (χ2n) is 9.17. The van der Waals surface area contributed by atoms with Crippen molar-refractivity contribution < 1.29 is 22.8 Å². The molecule has 12 heteroatoms. The molecule has 1 N–H and O–H groups in total. The standard InChI is InChI=1S/C27H26F3N7O2/c1-17(2)32-26(39)24(20-5-4-14-31-15-20)37(22-12-6-18(3)7-13-22)23(38)16-36-34-25(33-35-36)19-8-10-21(11-9-19)27(28,29)30/h4-15,17,24H,16H2,1-3H3,(H,32,39)/t24-/m0/s1. The van der Waals surface area contributed by atoms with Crippen LogP contribution in [0.1, 0.15) is 36.6 Å². The van der Waals surface area contributed by atoms with Gasteiger partial charge in [0.25, 0.3) is 5.91 Å². The van der Waals surface area contributed by atoms with Crippen molar-refractivity contribution in [3.8, 4) is 11.4 Å². The SMILES string of the molecule is Cc1ccc(N(C(=O)Cn2nnc(-c3ccc(C(F)(F)F)cc3)n2)[C@H](C(=O)NC(C)C)c2cccnc2)cc1. The number of carbonyl (C=O) groups excluding carboxylic acids is 2. The largest absolute Gasteiger partial charge is 0.416 e. The number of carbonyl (C=O) groups is 2. The Morgan fingerprint density at radius 3 is 2.31 bits per heavy atom. The molecule has 4 rings (SSSR count). The zero-order chi connectivity index (χ0) is 28.2. The van der Waals surface area contributed by atoms with Crippen LogP contribution in [-0.2, 0) is 22.3 Å². The Morgan fingerprint density at radius 2 is 1.72 bits per heavy atom. The number of nitrogens with one attached hydrogen (secondary N) is 1. The van der Waals surface area contributed by atoms with Crippen LogP contribution in [0.5, 0.6) is 0 Å². The second-order valence-corrected chi connectivity index (χ2v) is 9.17. The molecular weight excluding hydrogens is 511 g/mol. The van der Waals surface area contributed by atoms with E-state index in [1.54, 1.807) is 30.5 Å². The summed E-state index contributed by atoms with van der Waals surface area (Å²) in [6.07, 6.45) is -1.38. The Morgan fingerprint density at radius 1 is 1.03 bits per heavy atom. The van der Waals surface area contributed by atoms with Crippen LogP contribution in [0.25, 0.3) is 11.4 Å². The van der Waals surface area contributed by atoms with Gasteiger partial charge >= 0.3 is 6.18 Å². The average Bonchev–Trinajstić information content (AvgIpc) is 3.36. The zero-order valence-electron chi connectivity index (χ0n) is 21.4. The second kappa shape index (κ2) is 11.4. The number of halogens is 3. The van der Waals surface area contributed by atoms with Crippen molar-refractivity contribution in [1.82, 2.24) is 30.5 Å². The van der Waals surface area contributed by atoms with Gasteiger partial charge in [0.15, 0.2) is 0 Å². The van der Waals surface area contributed by atoms with Crippen LogP contribution in [0.15, 0.2) is 73.1 Å². The smallest absolute Gasteiger partial charge is 0.352 e. The van der Waals surface area contributed by atoms with Crippen LogP contribution in [-0.4, -0.2) is 43.0 Å². The summed E-state index contributed by atoms with van der Waals surface area (Å²) in [5, 5.41) is 14.9. The van der Waals surface area contributed by atoms with Crippen LogP contribution in [0.4, 0.5) is 18.9 Å². The fourth-order valence-corrected chi connectivity index (χ4v) is 3.89. The molecule has 0 unspecified atom stereocenters. The van der Waals surface area contributed by atoms with Gasteiger partial charge in [-0.15, -0.1) is 10.2 Å². The van der Waals surface area contributed by atoms with Gasteiger partial charge in [-0.1, -0.05) is 35.9 Å². The van der Waals surface area contributed by atoms with E-state index < -0.39 is 29.6 Å². The average molecular weight is 538 g/mol. The molecule has 9 nitrogen and oxygen atoms in total. The summed E-state index contributed by atoms with van der Waals surface area (Å²) in [5.74, 6) is -0.855. The van der Waals surface area contributed by atoms with Crippen LogP contribution >= 0.6 is 0 Å². The first-order valence-electron chi connectivity index (χ1n) is 12.1. The lowest BCUT2D eigenvalue weighted by molar-refractivity contribution is -0.137. The predicted octanol–water partition coefficient (Wildman–Crippen LogP) is 4.36. The monoisotopic (exact) mass is 537 g/mol. The maximum Gasteiger partial charge on any atom is 0.416 e. The molecule has 0 saturated heterocycles. The molecule has 0 fully saturated rings. The minimum atomic E-state index is -4.47. The molecule has 2 aromatic carbocycles. The van der Waals surface area contributed by atoms with Gasteiger partial charge in [-0.25, -0.2) is 0 Å². The number of aromatic nitrogens is 5. The van der Waals surface area contributed by atoms with Crippen LogP contribution in [0.3, 0.4) is 0 Å². The molecule has 0 radical (unpaired) electrons. The quantitative estimate of drug-likeness (QED) is 0.358. The summed E-state index contributed by atoms with van der Waals surface area (Å²) in [4.78, 5) is 33.7. The van der Waals surface area contributed by atoms with Gasteiger partial charge in [0, 0.05) is 35.2 Å². The van der Waals surface area contributed by atoms with Crippen molar-refractivity contribution in [1.29, 1.82) is 0 Å². The summed E-state index contributed by atoms with van der Waals surface area (Å²) in [5.41, 5.74) is 1.45. The molecule has 4 aromatic rings. The number of alkyl halides is 3. The first-order chi connectivity index (χ1) is 18.5. The highest BCUT2D eigenvalue weighted by molar-refractivity contribution is 6.01. The summed E-state index contributed by atoms with van der Waals surface area (Å²) in [6.45, 7) is 5.16. The van der Waals surface area contributed by atoms with Crippen molar-refractivity contribution in [2.24, 2.45) is 0 Å². The number of benzene rings is 2. The maximum absolute atomic E-state index is 13.8. The number of nitrogens with zero attached hydrogens (tertiary/aromatic N) is 6. The minimum Gasteiger partial charge on any atom is -0.352 e. The van der Waals surface area contributed by atoms with Crippen molar-refractivity contribution in [2.75, 3.05) is 4.90 Å². The highest BCUT2D eigenvalue weighted by Gasteiger charge is 2.34. The van der Waals surface area contributed by atoms with Gasteiger partial charge in [0.1, 0.15) is 12.6 Å². The third kappa shape index (κ3) is 6.64. The molecular formula is C27H26F3N7O2. The van der Waals surface area contributed by atoms with Gasteiger partial charge in [0.2, 0.25) is 11.7 Å². The zero-order valence-corrected chi connectivity index (χ0v) is 21.4. The third-order valence-corrected chi connectivity index (χ3v) is 5.72. The highest BCUT2D eigenvalue weighted by Crippen LogP contribution is 2.31. The van der Waals surface area contributed by atoms with E-state index in [1.807, 2.05) is 32.9 Å². The summed E-state index contributed by atoms with van der Waals surface area (Å²) in [6, 6.07) is 13.6. The normalized spacial score (nSPS) is 12.3. The van der Waals surface area contributed by atoms with Crippen LogP contribution < -0.4 is 10.2 Å². The fourth-order valence-electron chi connectivity index (χ4n) is 3.89. The van der Waals surface area contributed by atoms with E-state index >= 15 is 0 Å². The number of hydrogen-bond acceptors (Lipinski definition) is 6. The number of aryl methyl sites for hydroxylation is 1. The van der Waals surface area contributed by atoms with Crippen LogP contribution in [0.2, 0.25) is 0 Å². The topological polar surface area (TPSA) is 106 Å². The fraction of sp³-hybridized carbons (Fsp3) is 0.259. The van der Waals surface area contributed by atoms with Gasteiger partial charge in [0.05, 0.1) is 5.56 Å². The van der Waals surface area contributed by atoms with E-state index in [-0.39, 0.29) is 18.4 Å². The Kier molecular flexibility index (Phi) is 8.03. The lowest BCUT2D eigenvalue weighted by atomic mass is 10.0. The number of pyridine rings is 1. The van der Waals surface area contributed by atoms with Gasteiger partial charge in [-0.05, 0) is 56.3 Å². The summed E-state index contributed by atoms with van der Waals surface area (Å²) in [7, 11) is 0. The lowest BCUT2D eigenvalue weighted by Gasteiger charge is -2.31. The molecule has 1 atom stereocenters. The van der Waals surface area contributed by atoms with E-state index in [0.29, 0.717) is 16.8 Å². The van der Waals surface area contributed by atoms with Crippen molar-refractivity contribution >= 4 is 17.5 Å². The van der Waals surface area contributed by atoms with E-state index in [1.165, 1.54) is 23.2 Å². The molecule has 0 saturated carbocycles. The molecule has 2 heterocycles. The number of anilines is 1. The molecule has 0 spiro atoms. The van der Waals surface area contributed by atoms with Gasteiger partial charge < -0.3 is 5.32 Å². The molecule has 0 aliphatic carbocycles. The Labute approximate surface area is 222 Å². The molecule has 2 amide bonds. The highest BCUT2D eigenvalue weighted by atomic mass is 19.4. The van der Waals surface area contributed by atoms with Gasteiger partial charge in [-0.2, -0.15) is 18.0 Å². The van der Waals surface area contributed by atoms with E-state index in [9.17, 15) is 22.8 Å². The molecule has 0 aliphatic rings. The van der Waals surface area contributed by atoms with Crippen molar-refractivity contribution in [2.45, 2.75) is 45.6 Å². The first-order valence-corrected chi connectivity index (χ1v) is 12.1. The van der Waals surface area contributed by atoms with Crippen LogP contribution in [0, 0.1) is 6.92 Å². The molecule has 202 valence electrons. The first kappa shape index (κ1) is 27.4. The molecule has 39 heavy (non-hydrogen) atoms. The lowest BCUT2D eigenvalue weighted by Crippen LogP contribution is -2.47. The number of amides is 2. The van der Waals surface area contributed by atoms with E-state index in [4.69, 9.17) is 0 Å². The van der Waals surface area contributed by atoms with Gasteiger partial charge in [-0.3, -0.25) is 19.5 Å². The number of rotatable bonds is 8. The van der Waals surface area contributed by atoms with Crippen molar-refractivity contribution in [3.63, 3.8) is 0 Å². The Balaban J connectivity index is 1.67. The Hall–Kier alpha value is -4.61. The van der Waals surface area contributed by atoms with E-state index in [0.717, 1.165) is 22.5 Å². The number of hydrogen-bond donors (Lipinski definition) is 1. The Bertz CT molecular complexity index is 1420. The van der Waals surface area contributed by atoms with E-state index in [2.05, 4.69) is 25.7 Å².